The number of hydrogen-bond donors (Lipinski definition) is 0. The molecule has 0 saturated carbocycles. The zero-order valence-electron chi connectivity index (χ0n) is 15.9. The Balaban J connectivity index is 2.01. The van der Waals surface area contributed by atoms with Crippen molar-refractivity contribution in [1.29, 1.82) is 0 Å². The molecular weight excluding hydrogens is 409 g/mol. The zero-order chi connectivity index (χ0) is 21.3. The van der Waals surface area contributed by atoms with E-state index in [4.69, 9.17) is 25.8 Å². The zero-order valence-corrected chi connectivity index (χ0v) is 16.6. The number of benzene rings is 2. The van der Waals surface area contributed by atoms with Crippen LogP contribution in [0, 0.1) is 13.8 Å². The molecule has 0 saturated heterocycles. The Hall–Kier alpha value is -2.67. The van der Waals surface area contributed by atoms with Gasteiger partial charge in [0.05, 0.1) is 17.2 Å². The van der Waals surface area contributed by atoms with Crippen LogP contribution in [-0.4, -0.2) is 24.9 Å². The highest BCUT2D eigenvalue weighted by molar-refractivity contribution is 6.32. The summed E-state index contributed by atoms with van der Waals surface area (Å²) in [7, 11) is 0. The van der Waals surface area contributed by atoms with Gasteiger partial charge in [0.15, 0.2) is 0 Å². The molecule has 29 heavy (non-hydrogen) atoms. The molecule has 0 amide bonds. The summed E-state index contributed by atoms with van der Waals surface area (Å²) in [6.07, 6.45) is -6.16. The number of hydrogen-bond acceptors (Lipinski definition) is 4. The van der Waals surface area contributed by atoms with Gasteiger partial charge in [0, 0.05) is 11.6 Å². The predicted molar refractivity (Wildman–Crippen MR) is 103 cm³/mol. The van der Waals surface area contributed by atoms with Gasteiger partial charge in [-0.05, 0) is 44.5 Å². The van der Waals surface area contributed by atoms with Crippen LogP contribution >= 0.6 is 11.6 Å². The molecular formula is C21H18ClF3O4. The van der Waals surface area contributed by atoms with Crippen molar-refractivity contribution in [3.63, 3.8) is 0 Å². The van der Waals surface area contributed by atoms with Crippen molar-refractivity contribution in [2.45, 2.75) is 33.1 Å². The molecule has 0 aromatic heterocycles. The second kappa shape index (κ2) is 7.99. The number of alkyl halides is 3. The van der Waals surface area contributed by atoms with E-state index in [9.17, 15) is 18.0 Å². The molecule has 0 bridgehead atoms. The minimum atomic E-state index is -4.80. The van der Waals surface area contributed by atoms with E-state index in [0.29, 0.717) is 5.75 Å². The molecule has 1 aliphatic heterocycles. The molecule has 154 valence electrons. The van der Waals surface area contributed by atoms with Crippen molar-refractivity contribution in [1.82, 2.24) is 0 Å². The SMILES string of the molecule is CCOC(=O)C1=Cc2cc(Cl)c(Oc3ccc(C)cc3C)cc2OC1C(F)(F)F. The molecule has 0 N–H and O–H groups in total. The third-order valence-electron chi connectivity index (χ3n) is 4.26. The molecule has 3 rings (SSSR count). The van der Waals surface area contributed by atoms with Crippen molar-refractivity contribution in [3.05, 3.63) is 57.6 Å². The van der Waals surface area contributed by atoms with Gasteiger partial charge in [0.1, 0.15) is 17.2 Å². The number of fused-ring (bicyclic) bond motifs is 1. The topological polar surface area (TPSA) is 44.8 Å². The van der Waals surface area contributed by atoms with E-state index in [0.717, 1.165) is 17.2 Å². The average molecular weight is 427 g/mol. The van der Waals surface area contributed by atoms with Gasteiger partial charge in [0.2, 0.25) is 6.10 Å². The average Bonchev–Trinajstić information content (AvgIpc) is 2.63. The normalized spacial score (nSPS) is 15.8. The maximum Gasteiger partial charge on any atom is 0.430 e. The molecule has 1 aliphatic rings. The predicted octanol–water partition coefficient (Wildman–Crippen LogP) is 6.02. The third-order valence-corrected chi connectivity index (χ3v) is 4.56. The van der Waals surface area contributed by atoms with Crippen LogP contribution < -0.4 is 9.47 Å². The van der Waals surface area contributed by atoms with E-state index in [2.05, 4.69) is 0 Å². The Labute approximate surface area is 170 Å². The molecule has 1 unspecified atom stereocenters. The lowest BCUT2D eigenvalue weighted by Crippen LogP contribution is -2.40. The third kappa shape index (κ3) is 4.50. The molecule has 0 fully saturated rings. The summed E-state index contributed by atoms with van der Waals surface area (Å²) >= 11 is 6.26. The number of halogens is 4. The highest BCUT2D eigenvalue weighted by Gasteiger charge is 2.49. The van der Waals surface area contributed by atoms with Gasteiger partial charge >= 0.3 is 12.1 Å². The van der Waals surface area contributed by atoms with Gasteiger partial charge in [-0.25, -0.2) is 4.79 Å². The van der Waals surface area contributed by atoms with Crippen LogP contribution in [0.15, 0.2) is 35.9 Å². The van der Waals surface area contributed by atoms with Gasteiger partial charge in [-0.3, -0.25) is 0 Å². The Morgan fingerprint density at radius 3 is 2.52 bits per heavy atom. The number of carbonyl (C=O) groups excluding carboxylic acids is 1. The second-order valence-corrected chi connectivity index (χ2v) is 6.96. The first-order valence-corrected chi connectivity index (χ1v) is 9.18. The molecule has 2 aromatic carbocycles. The molecule has 4 nitrogen and oxygen atoms in total. The lowest BCUT2D eigenvalue weighted by molar-refractivity contribution is -0.187. The Bertz CT molecular complexity index is 983. The van der Waals surface area contributed by atoms with Gasteiger partial charge in [0.25, 0.3) is 0 Å². The van der Waals surface area contributed by atoms with E-state index in [-0.39, 0.29) is 28.7 Å². The minimum Gasteiger partial charge on any atom is -0.475 e. The minimum absolute atomic E-state index is 0.0585. The van der Waals surface area contributed by atoms with E-state index < -0.39 is 23.8 Å². The summed E-state index contributed by atoms with van der Waals surface area (Å²) in [5, 5.41) is 0.164. The first-order chi connectivity index (χ1) is 13.6. The summed E-state index contributed by atoms with van der Waals surface area (Å²) < 4.78 is 56.1. The van der Waals surface area contributed by atoms with Crippen LogP contribution in [0.25, 0.3) is 6.08 Å². The molecule has 1 heterocycles. The van der Waals surface area contributed by atoms with E-state index >= 15 is 0 Å². The van der Waals surface area contributed by atoms with E-state index in [1.807, 2.05) is 26.0 Å². The fourth-order valence-corrected chi connectivity index (χ4v) is 3.14. The lowest BCUT2D eigenvalue weighted by Gasteiger charge is -2.28. The fourth-order valence-electron chi connectivity index (χ4n) is 2.93. The van der Waals surface area contributed by atoms with E-state index in [1.165, 1.54) is 19.1 Å². The van der Waals surface area contributed by atoms with Crippen LogP contribution in [-0.2, 0) is 9.53 Å². The summed E-state index contributed by atoms with van der Waals surface area (Å²) in [5.74, 6) is -0.522. The van der Waals surface area contributed by atoms with Gasteiger partial charge in [-0.2, -0.15) is 13.2 Å². The quantitative estimate of drug-likeness (QED) is 0.561. The smallest absolute Gasteiger partial charge is 0.430 e. The second-order valence-electron chi connectivity index (χ2n) is 6.55. The van der Waals surface area contributed by atoms with Crippen molar-refractivity contribution in [3.8, 4) is 17.2 Å². The van der Waals surface area contributed by atoms with Crippen molar-refractivity contribution in [2.75, 3.05) is 6.61 Å². The van der Waals surface area contributed by atoms with Gasteiger partial charge in [-0.1, -0.05) is 29.3 Å². The number of ether oxygens (including phenoxy) is 3. The van der Waals surface area contributed by atoms with Crippen molar-refractivity contribution >= 4 is 23.6 Å². The van der Waals surface area contributed by atoms with Gasteiger partial charge < -0.3 is 14.2 Å². The number of carbonyl (C=O) groups is 1. The monoisotopic (exact) mass is 426 g/mol. The molecule has 0 radical (unpaired) electrons. The number of esters is 1. The van der Waals surface area contributed by atoms with Crippen LogP contribution in [0.3, 0.4) is 0 Å². The highest BCUT2D eigenvalue weighted by atomic mass is 35.5. The Morgan fingerprint density at radius 1 is 1.17 bits per heavy atom. The van der Waals surface area contributed by atoms with Crippen LogP contribution in [0.2, 0.25) is 5.02 Å². The summed E-state index contributed by atoms with van der Waals surface area (Å²) in [4.78, 5) is 12.0. The molecule has 0 spiro atoms. The molecule has 0 aliphatic carbocycles. The largest absolute Gasteiger partial charge is 0.475 e. The maximum absolute atomic E-state index is 13.5. The van der Waals surface area contributed by atoms with E-state index in [1.54, 1.807) is 6.07 Å². The molecule has 1 atom stereocenters. The van der Waals surface area contributed by atoms with Crippen molar-refractivity contribution < 1.29 is 32.2 Å². The standard InChI is InChI=1S/C21H18ClF3O4/c1-4-27-20(26)14-8-13-9-15(22)18(10-17(13)29-19(14)21(23,24)25)28-16-6-5-11(2)7-12(16)3/h5-10,19H,4H2,1-3H3. The lowest BCUT2D eigenvalue weighted by atomic mass is 10.0. The van der Waals surface area contributed by atoms with Gasteiger partial charge in [-0.15, -0.1) is 0 Å². The summed E-state index contributed by atoms with van der Waals surface area (Å²) in [5.41, 5.74) is 1.48. The van der Waals surface area contributed by atoms with Crippen LogP contribution in [0.4, 0.5) is 13.2 Å². The Morgan fingerprint density at radius 2 is 1.90 bits per heavy atom. The molecule has 8 heteroatoms. The summed E-state index contributed by atoms with van der Waals surface area (Å²) in [6, 6.07) is 8.18. The number of aryl methyl sites for hydroxylation is 2. The highest BCUT2D eigenvalue weighted by Crippen LogP contribution is 2.43. The maximum atomic E-state index is 13.5. The molecule has 2 aromatic rings. The summed E-state index contributed by atoms with van der Waals surface area (Å²) in [6.45, 7) is 5.23. The van der Waals surface area contributed by atoms with Crippen LogP contribution in [0.5, 0.6) is 17.2 Å². The van der Waals surface area contributed by atoms with Crippen LogP contribution in [0.1, 0.15) is 23.6 Å². The number of rotatable bonds is 4. The van der Waals surface area contributed by atoms with Crippen molar-refractivity contribution in [2.24, 2.45) is 0 Å². The first kappa shape index (κ1) is 21.0. The first-order valence-electron chi connectivity index (χ1n) is 8.81. The fraction of sp³-hybridized carbons (Fsp3) is 0.286. The Kier molecular flexibility index (Phi) is 5.80.